The zero-order valence-electron chi connectivity index (χ0n) is 10.6. The molecule has 18 heavy (non-hydrogen) atoms. The van der Waals surface area contributed by atoms with Gasteiger partial charge < -0.3 is 0 Å². The average Bonchev–Trinajstić information content (AvgIpc) is 2.80. The Labute approximate surface area is 128 Å². The summed E-state index contributed by atoms with van der Waals surface area (Å²) in [7, 11) is 0. The fourth-order valence-corrected chi connectivity index (χ4v) is 5.09. The number of hydrogen-bond donors (Lipinski definition) is 1. The van der Waals surface area contributed by atoms with Gasteiger partial charge in [-0.15, -0.1) is 24.8 Å². The standard InChI is InChI=1S/C6H6N.C5H5.C3H6.2ClH.Ti/c7-6-4-2-1-3-5-6;1-2-4-5-3-1;1-3-2;;;/h1-5,7H;1-3H,4H2;1-2H3;2*1H;/q-1;;;;;+1. The first kappa shape index (κ1) is 17.7. The Kier molecular flexibility index (Phi) is 8.55. The van der Waals surface area contributed by atoms with E-state index in [0.29, 0.717) is 0 Å². The van der Waals surface area contributed by atoms with E-state index >= 15 is 0 Å². The normalized spacial score (nSPS) is 12.0. The predicted molar refractivity (Wildman–Crippen MR) is 82.8 cm³/mol. The van der Waals surface area contributed by atoms with Gasteiger partial charge in [-0.1, -0.05) is 0 Å². The van der Waals surface area contributed by atoms with Crippen LogP contribution in [0.5, 0.6) is 0 Å². The molecule has 1 nitrogen and oxygen atoms in total. The summed E-state index contributed by atoms with van der Waals surface area (Å²) in [6, 6.07) is 10.5. The first-order valence-electron chi connectivity index (χ1n) is 5.63. The van der Waals surface area contributed by atoms with E-state index in [1.165, 1.54) is 5.69 Å². The topological polar surface area (TPSA) is 12.0 Å². The summed E-state index contributed by atoms with van der Waals surface area (Å²) in [4.78, 5) is 0. The summed E-state index contributed by atoms with van der Waals surface area (Å²) >= 11 is -1.42. The summed E-state index contributed by atoms with van der Waals surface area (Å²) in [5.74, 6) is 0. The minimum atomic E-state index is -1.42. The van der Waals surface area contributed by atoms with E-state index in [0.717, 1.165) is 6.42 Å². The van der Waals surface area contributed by atoms with Gasteiger partial charge in [0.2, 0.25) is 0 Å². The van der Waals surface area contributed by atoms with E-state index in [2.05, 4.69) is 66.2 Å². The van der Waals surface area contributed by atoms with Crippen molar-refractivity contribution in [3.63, 3.8) is 0 Å². The number of hydrogen-bond acceptors (Lipinski definition) is 1. The van der Waals surface area contributed by atoms with Gasteiger partial charge in [0.25, 0.3) is 0 Å². The van der Waals surface area contributed by atoms with Crippen molar-refractivity contribution in [2.24, 2.45) is 0 Å². The van der Waals surface area contributed by atoms with Crippen LogP contribution in [0.3, 0.4) is 0 Å². The smallest absolute Gasteiger partial charge is 0.147 e. The van der Waals surface area contributed by atoms with Crippen LogP contribution in [0, 0.1) is 0 Å². The quantitative estimate of drug-likeness (QED) is 0.807. The van der Waals surface area contributed by atoms with Crippen molar-refractivity contribution in [2.45, 2.75) is 20.3 Å². The van der Waals surface area contributed by atoms with Crippen LogP contribution in [0.15, 0.2) is 52.4 Å². The molecule has 0 spiro atoms. The van der Waals surface area contributed by atoms with Gasteiger partial charge in [0.15, 0.2) is 0 Å². The van der Waals surface area contributed by atoms with Crippen LogP contribution in [0.1, 0.15) is 20.3 Å². The monoisotopic (exact) mass is 319 g/mol. The van der Waals surface area contributed by atoms with Gasteiger partial charge in [-0.2, -0.15) is 0 Å². The summed E-state index contributed by atoms with van der Waals surface area (Å²) in [6.45, 7) is 4.51. The van der Waals surface area contributed by atoms with Crippen LogP contribution in [-0.2, 0) is 17.7 Å². The van der Waals surface area contributed by atoms with Crippen molar-refractivity contribution in [1.82, 2.24) is 0 Å². The third-order valence-corrected chi connectivity index (χ3v) is 6.62. The molecule has 0 saturated carbocycles. The van der Waals surface area contributed by atoms with Crippen molar-refractivity contribution in [2.75, 3.05) is 3.80 Å². The summed E-state index contributed by atoms with van der Waals surface area (Å²) in [5.41, 5.74) is 1.26. The molecule has 1 aromatic rings. The van der Waals surface area contributed by atoms with Gasteiger partial charge in [-0.3, -0.25) is 0 Å². The molecule has 4 heteroatoms. The number of benzene rings is 1. The average molecular weight is 320 g/mol. The Morgan fingerprint density at radius 3 is 2.28 bits per heavy atom. The number of nitrogens with one attached hydrogen (secondary N) is 1. The molecular weight excluding hydrogens is 301 g/mol. The third kappa shape index (κ3) is 4.74. The van der Waals surface area contributed by atoms with Gasteiger partial charge in [-0.25, -0.2) is 0 Å². The second-order valence-electron chi connectivity index (χ2n) is 4.19. The molecule has 1 aliphatic carbocycles. The van der Waals surface area contributed by atoms with Gasteiger partial charge in [0.1, 0.15) is 0 Å². The molecule has 0 saturated heterocycles. The van der Waals surface area contributed by atoms with E-state index in [-0.39, 0.29) is 24.8 Å². The summed E-state index contributed by atoms with van der Waals surface area (Å²) in [6.07, 6.45) is 7.86. The first-order valence-corrected chi connectivity index (χ1v) is 7.97. The molecule has 1 aliphatic rings. The number of anilines is 1. The Morgan fingerprint density at radius 1 is 1.11 bits per heavy atom. The number of allylic oxidation sites excluding steroid dienone is 4. The Morgan fingerprint density at radius 2 is 1.78 bits per heavy atom. The second kappa shape index (κ2) is 8.71. The van der Waals surface area contributed by atoms with Crippen LogP contribution < -0.4 is 3.80 Å². The Balaban J connectivity index is 0.00000144. The predicted octanol–water partition coefficient (Wildman–Crippen LogP) is 4.53. The van der Waals surface area contributed by atoms with Gasteiger partial charge in [0, 0.05) is 0 Å². The fourth-order valence-electron chi connectivity index (χ4n) is 1.82. The molecule has 0 aliphatic heterocycles. The molecule has 0 unspecified atom stereocenters. The zero-order valence-corrected chi connectivity index (χ0v) is 13.8. The first-order chi connectivity index (χ1) is 7.77. The minimum absolute atomic E-state index is 0. The molecule has 98 valence electrons. The maximum Gasteiger partial charge on any atom is -0.147 e. The van der Waals surface area contributed by atoms with Crippen LogP contribution in [0.2, 0.25) is 0 Å². The zero-order chi connectivity index (χ0) is 11.4. The molecule has 0 bridgehead atoms. The van der Waals surface area contributed by atoms with Crippen molar-refractivity contribution in [1.29, 1.82) is 0 Å². The molecule has 0 atom stereocenters. The molecule has 0 amide bonds. The largest absolute Gasteiger partial charge is 0.147 e. The maximum absolute atomic E-state index is 3.74. The molecule has 0 heterocycles. The van der Waals surface area contributed by atoms with E-state index < -0.39 is 17.7 Å². The second-order valence-corrected chi connectivity index (χ2v) is 8.32. The number of halogens is 2. The van der Waals surface area contributed by atoms with E-state index in [4.69, 9.17) is 0 Å². The third-order valence-electron chi connectivity index (χ3n) is 2.64. The van der Waals surface area contributed by atoms with E-state index in [9.17, 15) is 0 Å². The van der Waals surface area contributed by atoms with Crippen molar-refractivity contribution in [3.8, 4) is 0 Å². The molecule has 1 N–H and O–H groups in total. The Bertz CT molecular complexity index is 460. The van der Waals surface area contributed by atoms with Crippen LogP contribution in [0.25, 0.3) is 0 Å². The van der Waals surface area contributed by atoms with Crippen LogP contribution in [-0.4, -0.2) is 3.81 Å². The van der Waals surface area contributed by atoms with Gasteiger partial charge >= 0.3 is 104 Å². The molecule has 0 radical (unpaired) electrons. The molecule has 0 fully saturated rings. The van der Waals surface area contributed by atoms with Crippen LogP contribution >= 0.6 is 24.8 Å². The molecule has 0 aromatic heterocycles. The van der Waals surface area contributed by atoms with E-state index in [1.807, 2.05) is 0 Å². The van der Waals surface area contributed by atoms with Crippen molar-refractivity contribution < 1.29 is 17.7 Å². The number of rotatable bonds is 3. The summed E-state index contributed by atoms with van der Waals surface area (Å²) < 4.78 is 6.92. The van der Waals surface area contributed by atoms with Crippen LogP contribution in [0.4, 0.5) is 5.69 Å². The molecular formula is C14H19Cl2NTi. The van der Waals surface area contributed by atoms with E-state index in [1.54, 1.807) is 7.69 Å². The van der Waals surface area contributed by atoms with Crippen molar-refractivity contribution in [3.05, 3.63) is 52.4 Å². The molecule has 2 rings (SSSR count). The van der Waals surface area contributed by atoms with Gasteiger partial charge in [-0.05, 0) is 0 Å². The fraction of sp³-hybridized carbons (Fsp3) is 0.214. The maximum atomic E-state index is 3.74. The number of para-hydroxylation sites is 1. The van der Waals surface area contributed by atoms with Gasteiger partial charge in [0.05, 0.1) is 0 Å². The minimum Gasteiger partial charge on any atom is -0.147 e. The SMILES string of the molecule is C[C](C)=[Ti]([NH]c1ccccc1)[C]1=CC=CC1.Cl.Cl. The summed E-state index contributed by atoms with van der Waals surface area (Å²) in [5, 5.41) is 0. The van der Waals surface area contributed by atoms with Crippen molar-refractivity contribution >= 4 is 34.3 Å². The Hall–Kier alpha value is -0.336. The molecule has 1 aromatic carbocycles.